The number of carbonyl (C=O) groups is 1. The van der Waals surface area contributed by atoms with Crippen LogP contribution in [0.25, 0.3) is 0 Å². The van der Waals surface area contributed by atoms with Crippen molar-refractivity contribution in [3.8, 4) is 0 Å². The highest BCUT2D eigenvalue weighted by molar-refractivity contribution is 5.80. The minimum absolute atomic E-state index is 0.192. The fourth-order valence-corrected chi connectivity index (χ4v) is 4.01. The summed E-state index contributed by atoms with van der Waals surface area (Å²) in [5.74, 6) is 3.90. The largest absolute Gasteiger partial charge is 0.357 e. The monoisotopic (exact) mass is 363 g/mol. The quantitative estimate of drug-likeness (QED) is 0.507. The molecule has 2 aliphatic carbocycles. The van der Waals surface area contributed by atoms with Crippen LogP contribution in [0.2, 0.25) is 0 Å². The van der Waals surface area contributed by atoms with Crippen molar-refractivity contribution in [3.63, 3.8) is 0 Å². The van der Waals surface area contributed by atoms with Gasteiger partial charge in [-0.1, -0.05) is 0 Å². The van der Waals surface area contributed by atoms with Crippen LogP contribution in [0, 0.1) is 17.8 Å². The number of piperidine rings is 1. The number of nitrogens with zero attached hydrogens (tertiary/aromatic N) is 3. The highest BCUT2D eigenvalue weighted by Gasteiger charge is 2.41. The van der Waals surface area contributed by atoms with Gasteiger partial charge in [0.15, 0.2) is 5.96 Å². The van der Waals surface area contributed by atoms with Crippen LogP contribution < -0.4 is 10.6 Å². The second kappa shape index (κ2) is 9.07. The summed E-state index contributed by atoms with van der Waals surface area (Å²) in [6, 6.07) is 0.457. The van der Waals surface area contributed by atoms with Gasteiger partial charge in [-0.2, -0.15) is 0 Å². The maximum Gasteiger partial charge on any atom is 0.236 e. The number of rotatable bonds is 8. The van der Waals surface area contributed by atoms with Crippen LogP contribution in [0.15, 0.2) is 4.99 Å². The van der Waals surface area contributed by atoms with Gasteiger partial charge in [0.25, 0.3) is 0 Å². The third kappa shape index (κ3) is 5.86. The molecule has 26 heavy (non-hydrogen) atoms. The number of nitrogens with one attached hydrogen (secondary N) is 2. The fourth-order valence-electron chi connectivity index (χ4n) is 4.01. The van der Waals surface area contributed by atoms with Crippen LogP contribution in [0.1, 0.15) is 45.4 Å². The molecule has 2 N–H and O–H groups in total. The van der Waals surface area contributed by atoms with Gasteiger partial charge in [-0.05, 0) is 63.2 Å². The third-order valence-corrected chi connectivity index (χ3v) is 6.05. The molecule has 1 aliphatic heterocycles. The molecule has 0 aromatic rings. The van der Waals surface area contributed by atoms with E-state index in [1.807, 2.05) is 14.1 Å². The molecule has 2 saturated carbocycles. The summed E-state index contributed by atoms with van der Waals surface area (Å²) in [6.45, 7) is 6.51. The SMILES string of the molecule is CCNC(=NCC(C1CC1)C1CC1)NC1CCN(CC(=O)N(C)C)CC1. The summed E-state index contributed by atoms with van der Waals surface area (Å²) in [5.41, 5.74) is 0. The van der Waals surface area contributed by atoms with Gasteiger partial charge in [0.05, 0.1) is 6.54 Å². The Hall–Kier alpha value is -1.30. The predicted molar refractivity (Wildman–Crippen MR) is 106 cm³/mol. The van der Waals surface area contributed by atoms with Crippen LogP contribution in [-0.2, 0) is 4.79 Å². The van der Waals surface area contributed by atoms with Crippen LogP contribution in [0.5, 0.6) is 0 Å². The highest BCUT2D eigenvalue weighted by atomic mass is 16.2. The zero-order chi connectivity index (χ0) is 18.5. The first-order chi connectivity index (χ1) is 12.6. The van der Waals surface area contributed by atoms with E-state index in [4.69, 9.17) is 4.99 Å². The van der Waals surface area contributed by atoms with E-state index in [2.05, 4.69) is 22.5 Å². The van der Waals surface area contributed by atoms with E-state index in [0.717, 1.165) is 62.7 Å². The Balaban J connectivity index is 1.44. The first-order valence-electron chi connectivity index (χ1n) is 10.5. The molecule has 0 atom stereocenters. The molecule has 0 aromatic heterocycles. The van der Waals surface area contributed by atoms with Crippen LogP contribution >= 0.6 is 0 Å². The molecule has 148 valence electrons. The summed E-state index contributed by atoms with van der Waals surface area (Å²) < 4.78 is 0. The Morgan fingerprint density at radius 2 is 1.73 bits per heavy atom. The first kappa shape index (κ1) is 19.5. The van der Waals surface area contributed by atoms with E-state index in [-0.39, 0.29) is 5.91 Å². The molecule has 0 radical (unpaired) electrons. The maximum atomic E-state index is 11.9. The van der Waals surface area contributed by atoms with Gasteiger partial charge >= 0.3 is 0 Å². The van der Waals surface area contributed by atoms with Crippen molar-refractivity contribution in [1.82, 2.24) is 20.4 Å². The smallest absolute Gasteiger partial charge is 0.236 e. The van der Waals surface area contributed by atoms with Crippen molar-refractivity contribution in [2.45, 2.75) is 51.5 Å². The van der Waals surface area contributed by atoms with Gasteiger partial charge in [0.2, 0.25) is 5.91 Å². The maximum absolute atomic E-state index is 11.9. The standard InChI is InChI=1S/C20H37N5O/c1-4-21-20(22-13-18(15-5-6-15)16-7-8-16)23-17-9-11-25(12-10-17)14-19(26)24(2)3/h15-18H,4-14H2,1-3H3,(H2,21,22,23). The molecule has 1 saturated heterocycles. The molecule has 3 rings (SSSR count). The Morgan fingerprint density at radius 1 is 1.12 bits per heavy atom. The Bertz CT molecular complexity index is 478. The lowest BCUT2D eigenvalue weighted by Gasteiger charge is -2.33. The molecule has 3 aliphatic rings. The van der Waals surface area contributed by atoms with Gasteiger partial charge < -0.3 is 15.5 Å². The molecule has 6 heteroatoms. The average Bonchev–Trinajstić information content (AvgIpc) is 3.51. The van der Waals surface area contributed by atoms with E-state index in [0.29, 0.717) is 12.6 Å². The molecule has 0 unspecified atom stereocenters. The number of carbonyl (C=O) groups excluding carboxylic acids is 1. The summed E-state index contributed by atoms with van der Waals surface area (Å²) >= 11 is 0. The second-order valence-corrected chi connectivity index (χ2v) is 8.54. The lowest BCUT2D eigenvalue weighted by Crippen LogP contribution is -2.50. The van der Waals surface area contributed by atoms with E-state index in [1.54, 1.807) is 4.90 Å². The van der Waals surface area contributed by atoms with Gasteiger partial charge in [0, 0.05) is 46.3 Å². The Morgan fingerprint density at radius 3 is 2.23 bits per heavy atom. The number of hydrogen-bond donors (Lipinski definition) is 2. The molecule has 0 aromatic carbocycles. The molecule has 1 heterocycles. The number of guanidine groups is 1. The first-order valence-corrected chi connectivity index (χ1v) is 10.5. The van der Waals surface area contributed by atoms with Crippen molar-refractivity contribution in [2.75, 3.05) is 46.8 Å². The van der Waals surface area contributed by atoms with Gasteiger partial charge in [-0.3, -0.25) is 14.7 Å². The van der Waals surface area contributed by atoms with Crippen molar-refractivity contribution in [2.24, 2.45) is 22.7 Å². The van der Waals surface area contributed by atoms with Gasteiger partial charge in [0.1, 0.15) is 0 Å². The number of amides is 1. The average molecular weight is 364 g/mol. The minimum atomic E-state index is 0.192. The Kier molecular flexibility index (Phi) is 6.79. The lowest BCUT2D eigenvalue weighted by atomic mass is 9.98. The molecule has 0 bridgehead atoms. The summed E-state index contributed by atoms with van der Waals surface area (Å²) in [7, 11) is 3.65. The number of hydrogen-bond acceptors (Lipinski definition) is 3. The molecule has 0 spiro atoms. The van der Waals surface area contributed by atoms with E-state index in [1.165, 1.54) is 25.7 Å². The van der Waals surface area contributed by atoms with E-state index in [9.17, 15) is 4.79 Å². The second-order valence-electron chi connectivity index (χ2n) is 8.54. The molecular weight excluding hydrogens is 326 g/mol. The molecule has 6 nitrogen and oxygen atoms in total. The molecule has 1 amide bonds. The minimum Gasteiger partial charge on any atom is -0.357 e. The van der Waals surface area contributed by atoms with Gasteiger partial charge in [-0.25, -0.2) is 0 Å². The summed E-state index contributed by atoms with van der Waals surface area (Å²) in [4.78, 5) is 20.7. The van der Waals surface area contributed by atoms with Crippen LogP contribution in [0.3, 0.4) is 0 Å². The predicted octanol–water partition coefficient (Wildman–Crippen LogP) is 1.53. The van der Waals surface area contributed by atoms with Gasteiger partial charge in [-0.15, -0.1) is 0 Å². The topological polar surface area (TPSA) is 60.0 Å². The fraction of sp³-hybridized carbons (Fsp3) is 0.900. The number of likely N-dealkylation sites (tertiary alicyclic amines) is 1. The molecule has 3 fully saturated rings. The van der Waals surface area contributed by atoms with E-state index >= 15 is 0 Å². The lowest BCUT2D eigenvalue weighted by molar-refractivity contribution is -0.130. The van der Waals surface area contributed by atoms with Crippen molar-refractivity contribution >= 4 is 11.9 Å². The summed E-state index contributed by atoms with van der Waals surface area (Å²) in [6.07, 6.45) is 7.82. The zero-order valence-corrected chi connectivity index (χ0v) is 16.8. The zero-order valence-electron chi connectivity index (χ0n) is 16.8. The molecular formula is C20H37N5O. The van der Waals surface area contributed by atoms with Crippen molar-refractivity contribution in [1.29, 1.82) is 0 Å². The van der Waals surface area contributed by atoms with E-state index < -0.39 is 0 Å². The summed E-state index contributed by atoms with van der Waals surface area (Å²) in [5, 5.41) is 7.07. The van der Waals surface area contributed by atoms with Crippen molar-refractivity contribution in [3.05, 3.63) is 0 Å². The van der Waals surface area contributed by atoms with Crippen LogP contribution in [-0.4, -0.2) is 74.5 Å². The van der Waals surface area contributed by atoms with Crippen molar-refractivity contribution < 1.29 is 4.79 Å². The number of likely N-dealkylation sites (N-methyl/N-ethyl adjacent to an activating group) is 1. The highest BCUT2D eigenvalue weighted by Crippen LogP contribution is 2.49. The number of aliphatic imine (C=N–C) groups is 1. The third-order valence-electron chi connectivity index (χ3n) is 6.05. The van der Waals surface area contributed by atoms with Crippen LogP contribution in [0.4, 0.5) is 0 Å². The normalized spacial score (nSPS) is 22.5. The Labute approximate surface area is 158 Å².